The minimum atomic E-state index is -3.59. The van der Waals surface area contributed by atoms with Crippen LogP contribution in [0.5, 0.6) is 0 Å². The molecule has 0 spiro atoms. The monoisotopic (exact) mass is 253 g/mol. The second-order valence-electron chi connectivity index (χ2n) is 3.20. The minimum absolute atomic E-state index is 0.0408. The van der Waals surface area contributed by atoms with Crippen LogP contribution in [0.15, 0.2) is 0 Å². The molecule has 0 unspecified atom stereocenters. The van der Waals surface area contributed by atoms with E-state index < -0.39 is 28.0 Å². The van der Waals surface area contributed by atoms with Gasteiger partial charge in [-0.3, -0.25) is 9.59 Å². The van der Waals surface area contributed by atoms with E-state index in [2.05, 4.69) is 0 Å². The van der Waals surface area contributed by atoms with Gasteiger partial charge in [0.15, 0.2) is 0 Å². The van der Waals surface area contributed by atoms with Crippen LogP contribution in [0.2, 0.25) is 0 Å². The zero-order valence-corrected chi connectivity index (χ0v) is 9.66. The van der Waals surface area contributed by atoms with Crippen LogP contribution in [-0.4, -0.2) is 42.4 Å². The summed E-state index contributed by atoms with van der Waals surface area (Å²) in [5.74, 6) is -2.56. The Hall–Kier alpha value is -1.15. The summed E-state index contributed by atoms with van der Waals surface area (Å²) in [4.78, 5) is 20.9. The van der Waals surface area contributed by atoms with Crippen LogP contribution in [0.1, 0.15) is 26.2 Å². The smallest absolute Gasteiger partial charge is 0.321 e. The first-order valence-electron chi connectivity index (χ1n) is 4.73. The van der Waals surface area contributed by atoms with Crippen molar-refractivity contribution in [3.63, 3.8) is 0 Å². The van der Waals surface area contributed by atoms with Gasteiger partial charge in [0.1, 0.15) is 6.04 Å². The number of sulfonamides is 1. The highest BCUT2D eigenvalue weighted by Crippen LogP contribution is 2.03. The molecule has 0 aromatic rings. The Morgan fingerprint density at radius 2 is 1.88 bits per heavy atom. The lowest BCUT2D eigenvalue weighted by Gasteiger charge is -2.13. The van der Waals surface area contributed by atoms with Gasteiger partial charge in [0.2, 0.25) is 10.0 Å². The molecule has 0 bridgehead atoms. The molecule has 0 aliphatic carbocycles. The van der Waals surface area contributed by atoms with Crippen LogP contribution in [0.4, 0.5) is 0 Å². The van der Waals surface area contributed by atoms with Crippen LogP contribution in [0, 0.1) is 0 Å². The van der Waals surface area contributed by atoms with Crippen LogP contribution in [0.25, 0.3) is 0 Å². The van der Waals surface area contributed by atoms with Crippen LogP contribution >= 0.6 is 0 Å². The van der Waals surface area contributed by atoms with Gasteiger partial charge in [-0.2, -0.15) is 0 Å². The maximum atomic E-state index is 11.1. The summed E-state index contributed by atoms with van der Waals surface area (Å²) in [6.07, 6.45) is -0.114. The molecule has 0 saturated heterocycles. The summed E-state index contributed by atoms with van der Waals surface area (Å²) in [5, 5.41) is 17.1. The summed E-state index contributed by atoms with van der Waals surface area (Å²) >= 11 is 0. The standard InChI is InChI=1S/C8H15NO6S/c1-2-16(14,15)9-6(8(12)13)4-3-5-7(10)11/h6,9H,2-5H2,1H3,(H,10,11)(H,12,13)/t6-/m1/s1. The molecule has 8 heteroatoms. The van der Waals surface area contributed by atoms with E-state index in [1.54, 1.807) is 0 Å². The Morgan fingerprint density at radius 1 is 1.31 bits per heavy atom. The van der Waals surface area contributed by atoms with E-state index in [4.69, 9.17) is 10.2 Å². The highest BCUT2D eigenvalue weighted by atomic mass is 32.2. The number of carboxylic acids is 2. The van der Waals surface area contributed by atoms with Gasteiger partial charge in [0.05, 0.1) is 5.75 Å². The Morgan fingerprint density at radius 3 is 2.25 bits per heavy atom. The van der Waals surface area contributed by atoms with Crippen molar-refractivity contribution in [1.82, 2.24) is 4.72 Å². The molecule has 0 radical (unpaired) electrons. The second-order valence-corrected chi connectivity index (χ2v) is 5.24. The molecule has 0 aliphatic heterocycles. The number of hydrogen-bond acceptors (Lipinski definition) is 4. The van der Waals surface area contributed by atoms with Crippen molar-refractivity contribution in [3.05, 3.63) is 0 Å². The Balaban J connectivity index is 4.30. The van der Waals surface area contributed by atoms with Gasteiger partial charge >= 0.3 is 11.9 Å². The summed E-state index contributed by atoms with van der Waals surface area (Å²) < 4.78 is 24.2. The minimum Gasteiger partial charge on any atom is -0.481 e. The normalized spacial score (nSPS) is 13.3. The van der Waals surface area contributed by atoms with E-state index in [9.17, 15) is 18.0 Å². The van der Waals surface area contributed by atoms with Crippen molar-refractivity contribution >= 4 is 22.0 Å². The lowest BCUT2D eigenvalue weighted by atomic mass is 10.1. The fourth-order valence-electron chi connectivity index (χ4n) is 0.990. The maximum absolute atomic E-state index is 11.1. The Bertz CT molecular complexity index is 350. The predicted octanol–water partition coefficient (Wildman–Crippen LogP) is -0.366. The van der Waals surface area contributed by atoms with Crippen molar-refractivity contribution in [2.75, 3.05) is 5.75 Å². The van der Waals surface area contributed by atoms with E-state index in [1.807, 2.05) is 4.72 Å². The van der Waals surface area contributed by atoms with Gasteiger partial charge in [-0.15, -0.1) is 0 Å². The summed E-state index contributed by atoms with van der Waals surface area (Å²) in [6.45, 7) is 1.39. The molecule has 7 nitrogen and oxygen atoms in total. The van der Waals surface area contributed by atoms with Crippen molar-refractivity contribution in [2.24, 2.45) is 0 Å². The van der Waals surface area contributed by atoms with Gasteiger partial charge in [-0.1, -0.05) is 0 Å². The average molecular weight is 253 g/mol. The highest BCUT2D eigenvalue weighted by molar-refractivity contribution is 7.89. The Kier molecular flexibility index (Phi) is 5.97. The molecule has 0 fully saturated rings. The lowest BCUT2D eigenvalue weighted by molar-refractivity contribution is -0.140. The molecule has 94 valence electrons. The predicted molar refractivity (Wildman–Crippen MR) is 55.5 cm³/mol. The molecular formula is C8H15NO6S. The molecular weight excluding hydrogens is 238 g/mol. The largest absolute Gasteiger partial charge is 0.481 e. The zero-order chi connectivity index (χ0) is 12.8. The number of carboxylic acid groups (broad SMARTS) is 2. The van der Waals surface area contributed by atoms with E-state index in [0.717, 1.165) is 0 Å². The van der Waals surface area contributed by atoms with Gasteiger partial charge in [-0.25, -0.2) is 13.1 Å². The zero-order valence-electron chi connectivity index (χ0n) is 8.84. The Labute approximate surface area is 93.5 Å². The first kappa shape index (κ1) is 14.8. The third-order valence-corrected chi connectivity index (χ3v) is 3.29. The first-order chi connectivity index (χ1) is 7.28. The summed E-state index contributed by atoms with van der Waals surface area (Å²) in [5.41, 5.74) is 0. The van der Waals surface area contributed by atoms with Crippen molar-refractivity contribution < 1.29 is 28.2 Å². The first-order valence-corrected chi connectivity index (χ1v) is 6.38. The quantitative estimate of drug-likeness (QED) is 0.543. The average Bonchev–Trinajstić information content (AvgIpc) is 2.15. The third kappa shape index (κ3) is 6.36. The topological polar surface area (TPSA) is 121 Å². The third-order valence-electron chi connectivity index (χ3n) is 1.88. The number of carbonyl (C=O) groups is 2. The van der Waals surface area contributed by atoms with Crippen molar-refractivity contribution in [3.8, 4) is 0 Å². The molecule has 1 atom stereocenters. The number of nitrogens with one attached hydrogen (secondary N) is 1. The SMILES string of the molecule is CCS(=O)(=O)N[C@H](CCCC(=O)O)C(=O)O. The van der Waals surface area contributed by atoms with Crippen LogP contribution in [-0.2, 0) is 19.6 Å². The number of aliphatic carboxylic acids is 2. The van der Waals surface area contributed by atoms with E-state index in [-0.39, 0.29) is 25.0 Å². The fraction of sp³-hybridized carbons (Fsp3) is 0.750. The fourth-order valence-corrected chi connectivity index (χ4v) is 1.81. The molecule has 0 amide bonds. The van der Waals surface area contributed by atoms with Gasteiger partial charge < -0.3 is 10.2 Å². The molecule has 0 aliphatic rings. The summed E-state index contributed by atoms with van der Waals surface area (Å²) in [6, 6.07) is -1.26. The van der Waals surface area contributed by atoms with Gasteiger partial charge in [0.25, 0.3) is 0 Å². The lowest BCUT2D eigenvalue weighted by Crippen LogP contribution is -2.41. The number of hydrogen-bond donors (Lipinski definition) is 3. The molecule has 0 aromatic heterocycles. The van der Waals surface area contributed by atoms with E-state index in [1.165, 1.54) is 6.92 Å². The summed E-state index contributed by atoms with van der Waals surface area (Å²) in [7, 11) is -3.59. The van der Waals surface area contributed by atoms with E-state index in [0.29, 0.717) is 0 Å². The molecule has 0 aromatic carbocycles. The molecule has 0 rings (SSSR count). The molecule has 16 heavy (non-hydrogen) atoms. The van der Waals surface area contributed by atoms with Crippen molar-refractivity contribution in [1.29, 1.82) is 0 Å². The second kappa shape index (κ2) is 6.44. The van der Waals surface area contributed by atoms with Crippen LogP contribution in [0.3, 0.4) is 0 Å². The van der Waals surface area contributed by atoms with Crippen LogP contribution < -0.4 is 4.72 Å². The highest BCUT2D eigenvalue weighted by Gasteiger charge is 2.22. The maximum Gasteiger partial charge on any atom is 0.321 e. The van der Waals surface area contributed by atoms with Gasteiger partial charge in [-0.05, 0) is 19.8 Å². The van der Waals surface area contributed by atoms with E-state index >= 15 is 0 Å². The molecule has 0 heterocycles. The van der Waals surface area contributed by atoms with Gasteiger partial charge in [0, 0.05) is 6.42 Å². The molecule has 3 N–H and O–H groups in total. The number of rotatable bonds is 8. The molecule has 0 saturated carbocycles. The van der Waals surface area contributed by atoms with Crippen molar-refractivity contribution in [2.45, 2.75) is 32.2 Å².